The summed E-state index contributed by atoms with van der Waals surface area (Å²) in [6, 6.07) is 16.9. The van der Waals surface area contributed by atoms with Gasteiger partial charge in [-0.2, -0.15) is 5.53 Å². The smallest absolute Gasteiger partial charge is 0.335 e. The first kappa shape index (κ1) is 28.9. The van der Waals surface area contributed by atoms with Crippen LogP contribution in [0, 0.1) is 10.9 Å². The first-order valence-corrected chi connectivity index (χ1v) is 12.8. The number of hydrogen-bond acceptors (Lipinski definition) is 7. The number of nitrogens with one attached hydrogen (secondary N) is 3. The van der Waals surface area contributed by atoms with Crippen LogP contribution >= 0.6 is 11.6 Å². The maximum atomic E-state index is 13.8. The Morgan fingerprint density at radius 3 is 2.44 bits per heavy atom. The van der Waals surface area contributed by atoms with Gasteiger partial charge in [0.1, 0.15) is 25.0 Å². The summed E-state index contributed by atoms with van der Waals surface area (Å²) in [4.78, 5) is 54.6. The van der Waals surface area contributed by atoms with E-state index in [0.29, 0.717) is 5.69 Å². The fraction of sp³-hybridized carbons (Fsp3) is 0.179. The predicted octanol–water partition coefficient (Wildman–Crippen LogP) is 4.21. The van der Waals surface area contributed by atoms with Crippen molar-refractivity contribution in [2.24, 2.45) is 5.22 Å². The molecular formula is C28H26ClN7O5. The van der Waals surface area contributed by atoms with Crippen molar-refractivity contribution in [2.45, 2.75) is 25.4 Å². The summed E-state index contributed by atoms with van der Waals surface area (Å²) in [6.07, 6.45) is 0.906. The second kappa shape index (κ2) is 12.4. The second-order valence-electron chi connectivity index (χ2n) is 9.19. The molecule has 41 heavy (non-hydrogen) atoms. The fourth-order valence-electron chi connectivity index (χ4n) is 4.61. The largest absolute Gasteiger partial charge is 0.478 e. The van der Waals surface area contributed by atoms with Gasteiger partial charge < -0.3 is 15.3 Å². The minimum absolute atomic E-state index is 0.0507. The minimum Gasteiger partial charge on any atom is -0.478 e. The Morgan fingerprint density at radius 2 is 1.83 bits per heavy atom. The van der Waals surface area contributed by atoms with E-state index in [2.05, 4.69) is 10.5 Å². The summed E-state index contributed by atoms with van der Waals surface area (Å²) < 4.78 is 0. The van der Waals surface area contributed by atoms with Gasteiger partial charge >= 0.3 is 5.97 Å². The molecule has 1 aliphatic rings. The van der Waals surface area contributed by atoms with Crippen molar-refractivity contribution in [2.75, 3.05) is 21.8 Å². The molecule has 2 atom stereocenters. The van der Waals surface area contributed by atoms with Crippen LogP contribution in [0.2, 0.25) is 5.02 Å². The zero-order valence-electron chi connectivity index (χ0n) is 21.8. The number of rotatable bonds is 10. The molecule has 0 aromatic heterocycles. The highest BCUT2D eigenvalue weighted by molar-refractivity contribution is 6.31. The van der Waals surface area contributed by atoms with Crippen molar-refractivity contribution >= 4 is 58.7 Å². The number of carboxylic acid groups (broad SMARTS) is 1. The van der Waals surface area contributed by atoms with Crippen LogP contribution in [0.4, 0.5) is 17.1 Å². The summed E-state index contributed by atoms with van der Waals surface area (Å²) in [6.45, 7) is 1.09. The van der Waals surface area contributed by atoms with Gasteiger partial charge in [0, 0.05) is 17.1 Å². The lowest BCUT2D eigenvalue weighted by Crippen LogP contribution is -2.63. The Labute approximate surface area is 240 Å². The number of carbonyl (C=O) groups is 4. The molecular weight excluding hydrogens is 550 g/mol. The molecule has 1 heterocycles. The van der Waals surface area contributed by atoms with Crippen molar-refractivity contribution in [3.8, 4) is 0 Å². The molecule has 12 nitrogen and oxygen atoms in total. The number of halogens is 1. The van der Waals surface area contributed by atoms with E-state index in [-0.39, 0.29) is 28.4 Å². The summed E-state index contributed by atoms with van der Waals surface area (Å²) in [5.41, 5.74) is 8.91. The maximum Gasteiger partial charge on any atom is 0.335 e. The number of benzene rings is 3. The Kier molecular flexibility index (Phi) is 8.73. The lowest BCUT2D eigenvalue weighted by molar-refractivity contribution is -0.146. The molecule has 4 N–H and O–H groups in total. The Bertz CT molecular complexity index is 1490. The molecule has 1 aliphatic heterocycles. The second-order valence-corrected chi connectivity index (χ2v) is 9.63. The number of carbonyl (C=O) groups excluding carboxylic acids is 3. The molecule has 0 spiro atoms. The molecule has 2 unspecified atom stereocenters. The van der Waals surface area contributed by atoms with Crippen molar-refractivity contribution in [3.05, 3.63) is 88.9 Å². The SMILES string of the molecule is CC1C(=O)N(C(Cc2ccccc2)C(=O)Nc2ccc(C(=O)O)cc2)CC(=O)N1c1cc(Cl)ccc1N(C=N)N=N. The first-order valence-electron chi connectivity index (χ1n) is 12.4. The summed E-state index contributed by atoms with van der Waals surface area (Å²) >= 11 is 6.20. The highest BCUT2D eigenvalue weighted by Gasteiger charge is 2.43. The average Bonchev–Trinajstić information content (AvgIpc) is 2.96. The van der Waals surface area contributed by atoms with Gasteiger partial charge in [-0.1, -0.05) is 47.2 Å². The Hall–Kier alpha value is -5.10. The summed E-state index contributed by atoms with van der Waals surface area (Å²) in [7, 11) is 0. The fourth-order valence-corrected chi connectivity index (χ4v) is 4.78. The number of amides is 3. The van der Waals surface area contributed by atoms with Gasteiger partial charge in [0.25, 0.3) is 0 Å². The van der Waals surface area contributed by atoms with Crippen LogP contribution in [-0.2, 0) is 20.8 Å². The van der Waals surface area contributed by atoms with Gasteiger partial charge in [-0.3, -0.25) is 24.7 Å². The molecule has 0 radical (unpaired) electrons. The molecule has 0 aliphatic carbocycles. The van der Waals surface area contributed by atoms with Crippen LogP contribution in [0.5, 0.6) is 0 Å². The Morgan fingerprint density at radius 1 is 1.15 bits per heavy atom. The lowest BCUT2D eigenvalue weighted by Gasteiger charge is -2.42. The third-order valence-corrected chi connectivity index (χ3v) is 6.86. The van der Waals surface area contributed by atoms with Gasteiger partial charge in [-0.15, -0.1) is 0 Å². The molecule has 3 aromatic rings. The zero-order valence-corrected chi connectivity index (χ0v) is 22.6. The number of aromatic carboxylic acids is 1. The van der Waals surface area contributed by atoms with Gasteiger partial charge in [-0.05, 0) is 55.0 Å². The first-order chi connectivity index (χ1) is 19.6. The van der Waals surface area contributed by atoms with Crippen LogP contribution in [0.3, 0.4) is 0 Å². The van der Waals surface area contributed by atoms with Crippen molar-refractivity contribution in [1.29, 1.82) is 10.9 Å². The van der Waals surface area contributed by atoms with Crippen molar-refractivity contribution in [3.63, 3.8) is 0 Å². The molecule has 4 rings (SSSR count). The number of hydrogen-bond donors (Lipinski definition) is 4. The third kappa shape index (κ3) is 6.23. The maximum absolute atomic E-state index is 13.8. The average molecular weight is 576 g/mol. The highest BCUT2D eigenvalue weighted by atomic mass is 35.5. The van der Waals surface area contributed by atoms with Crippen LogP contribution in [-0.4, -0.2) is 58.7 Å². The molecule has 1 saturated heterocycles. The van der Waals surface area contributed by atoms with E-state index in [1.54, 1.807) is 12.1 Å². The van der Waals surface area contributed by atoms with E-state index < -0.39 is 42.3 Å². The molecule has 13 heteroatoms. The van der Waals surface area contributed by atoms with Crippen LogP contribution in [0.25, 0.3) is 0 Å². The minimum atomic E-state index is -1.11. The molecule has 0 bridgehead atoms. The molecule has 3 amide bonds. The topological polar surface area (TPSA) is 170 Å². The molecule has 3 aromatic carbocycles. The third-order valence-electron chi connectivity index (χ3n) is 6.63. The van der Waals surface area contributed by atoms with Crippen LogP contribution < -0.4 is 15.2 Å². The predicted molar refractivity (Wildman–Crippen MR) is 152 cm³/mol. The van der Waals surface area contributed by atoms with Crippen LogP contribution in [0.15, 0.2) is 78.0 Å². The van der Waals surface area contributed by atoms with E-state index in [9.17, 15) is 19.2 Å². The van der Waals surface area contributed by atoms with Gasteiger partial charge in [-0.25, -0.2) is 9.80 Å². The van der Waals surface area contributed by atoms with Gasteiger partial charge in [0.2, 0.25) is 17.7 Å². The monoisotopic (exact) mass is 575 g/mol. The van der Waals surface area contributed by atoms with E-state index in [4.69, 9.17) is 27.6 Å². The lowest BCUT2D eigenvalue weighted by atomic mass is 10.00. The number of nitrogens with zero attached hydrogens (tertiary/aromatic N) is 4. The van der Waals surface area contributed by atoms with E-state index in [1.807, 2.05) is 18.2 Å². The standard InChI is InChI=1S/C28H26ClN7O5/c1-17-27(39)34(15-25(37)36(17)23-14-20(29)9-12-22(23)35(16-30)33-31)24(13-18-5-3-2-4-6-18)26(38)32-21-10-7-19(8-11-21)28(40)41/h2-12,14,16-17,24,30-31H,13,15H2,1H3,(H,32,38)(H,40,41). The van der Waals surface area contributed by atoms with Crippen molar-refractivity contribution in [1.82, 2.24) is 4.90 Å². The van der Waals surface area contributed by atoms with E-state index in [1.165, 1.54) is 59.2 Å². The highest BCUT2D eigenvalue weighted by Crippen LogP contribution is 2.35. The summed E-state index contributed by atoms with van der Waals surface area (Å²) in [5.74, 6) is -2.67. The molecule has 0 saturated carbocycles. The number of anilines is 3. The quantitative estimate of drug-likeness (QED) is 0.122. The molecule has 210 valence electrons. The van der Waals surface area contributed by atoms with Gasteiger partial charge in [0.05, 0.1) is 16.9 Å². The molecule has 1 fully saturated rings. The number of carboxylic acids is 1. The Balaban J connectivity index is 1.67. The normalized spacial score (nSPS) is 15.7. The van der Waals surface area contributed by atoms with E-state index in [0.717, 1.165) is 16.9 Å². The van der Waals surface area contributed by atoms with Gasteiger partial charge in [0.15, 0.2) is 0 Å². The van der Waals surface area contributed by atoms with Crippen LogP contribution in [0.1, 0.15) is 22.8 Å². The van der Waals surface area contributed by atoms with Crippen molar-refractivity contribution < 1.29 is 24.3 Å². The van der Waals surface area contributed by atoms with E-state index >= 15 is 0 Å². The zero-order chi connectivity index (χ0) is 29.7. The number of piperazine rings is 1. The summed E-state index contributed by atoms with van der Waals surface area (Å²) in [5, 5.41) is 23.9.